The number of aldehydes is 1. The molecule has 0 fully saturated rings. The van der Waals surface area contributed by atoms with E-state index in [2.05, 4.69) is 38.1 Å². The van der Waals surface area contributed by atoms with Crippen LogP contribution in [-0.4, -0.2) is 24.0 Å². The van der Waals surface area contributed by atoms with Gasteiger partial charge in [-0.3, -0.25) is 0 Å². The first-order chi connectivity index (χ1) is 13.7. The fourth-order valence-corrected chi connectivity index (χ4v) is 2.67. The van der Waals surface area contributed by atoms with Crippen LogP contribution in [0.5, 0.6) is 5.75 Å². The summed E-state index contributed by atoms with van der Waals surface area (Å²) in [4.78, 5) is 21.9. The standard InChI is InChI=1S/C14H20O.C11H14O3/c1-11(2)8-13-4-6-14(7-5-13)9-12(3)10-15;1-8(2)7-14-11(13)9-5-3-4-6-10(9)12/h4-7,10-12H,8-9H2,1-3H3;3-6,8,12H,7H2,1-2H3. The number of para-hydroxylation sites is 1. The highest BCUT2D eigenvalue weighted by atomic mass is 16.5. The van der Waals surface area contributed by atoms with Crippen LogP contribution in [0.3, 0.4) is 0 Å². The molecule has 0 bridgehead atoms. The van der Waals surface area contributed by atoms with Crippen LogP contribution in [0.25, 0.3) is 0 Å². The Morgan fingerprint density at radius 3 is 1.93 bits per heavy atom. The molecule has 0 aromatic heterocycles. The van der Waals surface area contributed by atoms with E-state index >= 15 is 0 Å². The van der Waals surface area contributed by atoms with Gasteiger partial charge in [0.15, 0.2) is 0 Å². The van der Waals surface area contributed by atoms with Crippen molar-refractivity contribution in [3.63, 3.8) is 0 Å². The van der Waals surface area contributed by atoms with Crippen LogP contribution in [0.4, 0.5) is 0 Å². The van der Waals surface area contributed by atoms with Crippen LogP contribution in [0.15, 0.2) is 48.5 Å². The van der Waals surface area contributed by atoms with E-state index in [1.165, 1.54) is 23.3 Å². The van der Waals surface area contributed by atoms with Gasteiger partial charge in [-0.2, -0.15) is 0 Å². The molecule has 1 N–H and O–H groups in total. The van der Waals surface area contributed by atoms with Crippen LogP contribution in [0.1, 0.15) is 56.1 Å². The second-order valence-electron chi connectivity index (χ2n) is 8.24. The van der Waals surface area contributed by atoms with Gasteiger partial charge in [0, 0.05) is 5.92 Å². The Bertz CT molecular complexity index is 748. The number of phenolic OH excluding ortho intramolecular Hbond substituents is 1. The van der Waals surface area contributed by atoms with Crippen molar-refractivity contribution >= 4 is 12.3 Å². The number of phenols is 1. The summed E-state index contributed by atoms with van der Waals surface area (Å²) in [6.45, 7) is 10.7. The number of ether oxygens (including phenoxy) is 1. The number of esters is 1. The maximum absolute atomic E-state index is 11.4. The average Bonchev–Trinajstić information content (AvgIpc) is 2.68. The molecule has 2 aromatic rings. The van der Waals surface area contributed by atoms with Gasteiger partial charge >= 0.3 is 5.97 Å². The third-order valence-electron chi connectivity index (χ3n) is 4.13. The number of benzene rings is 2. The van der Waals surface area contributed by atoms with Gasteiger partial charge in [-0.05, 0) is 47.9 Å². The number of carbonyl (C=O) groups is 2. The van der Waals surface area contributed by atoms with Gasteiger partial charge in [0.05, 0.1) is 6.61 Å². The molecule has 0 spiro atoms. The molecule has 0 saturated heterocycles. The van der Waals surface area contributed by atoms with Crippen molar-refractivity contribution in [2.24, 2.45) is 17.8 Å². The smallest absolute Gasteiger partial charge is 0.341 e. The van der Waals surface area contributed by atoms with E-state index < -0.39 is 5.97 Å². The van der Waals surface area contributed by atoms with Crippen LogP contribution < -0.4 is 0 Å². The minimum absolute atomic E-state index is 0.0405. The molecule has 2 aromatic carbocycles. The second-order valence-corrected chi connectivity index (χ2v) is 8.24. The van der Waals surface area contributed by atoms with Gasteiger partial charge in [-0.15, -0.1) is 0 Å². The highest BCUT2D eigenvalue weighted by Gasteiger charge is 2.11. The summed E-state index contributed by atoms with van der Waals surface area (Å²) in [7, 11) is 0. The zero-order valence-electron chi connectivity index (χ0n) is 18.2. The lowest BCUT2D eigenvalue weighted by Gasteiger charge is -2.07. The van der Waals surface area contributed by atoms with E-state index in [0.29, 0.717) is 18.4 Å². The Balaban J connectivity index is 0.000000291. The molecular weight excluding hydrogens is 364 g/mol. The van der Waals surface area contributed by atoms with E-state index in [-0.39, 0.29) is 17.2 Å². The minimum Gasteiger partial charge on any atom is -0.507 e. The normalized spacial score (nSPS) is 11.6. The quantitative estimate of drug-likeness (QED) is 0.473. The third-order valence-corrected chi connectivity index (χ3v) is 4.13. The third kappa shape index (κ3) is 9.93. The van der Waals surface area contributed by atoms with Gasteiger partial charge in [-0.25, -0.2) is 4.79 Å². The fourth-order valence-electron chi connectivity index (χ4n) is 2.67. The number of rotatable bonds is 8. The predicted molar refractivity (Wildman–Crippen MR) is 117 cm³/mol. The Hall–Kier alpha value is -2.62. The summed E-state index contributed by atoms with van der Waals surface area (Å²) >= 11 is 0. The zero-order chi connectivity index (χ0) is 21.8. The van der Waals surface area contributed by atoms with E-state index in [1.807, 2.05) is 20.8 Å². The molecule has 4 nitrogen and oxygen atoms in total. The molecule has 0 amide bonds. The first-order valence-corrected chi connectivity index (χ1v) is 10.2. The Morgan fingerprint density at radius 1 is 0.897 bits per heavy atom. The zero-order valence-corrected chi connectivity index (χ0v) is 18.2. The predicted octanol–water partition coefficient (Wildman–Crippen LogP) is 5.47. The monoisotopic (exact) mass is 398 g/mol. The molecule has 0 aliphatic heterocycles. The van der Waals surface area contributed by atoms with E-state index in [9.17, 15) is 14.7 Å². The Kier molecular flexibility index (Phi) is 10.7. The van der Waals surface area contributed by atoms with Crippen LogP contribution in [0, 0.1) is 17.8 Å². The Morgan fingerprint density at radius 2 is 1.45 bits per heavy atom. The molecule has 2 rings (SSSR count). The van der Waals surface area contributed by atoms with Crippen LogP contribution in [-0.2, 0) is 22.4 Å². The van der Waals surface area contributed by atoms with Gasteiger partial charge in [-0.1, -0.05) is 71.0 Å². The molecule has 29 heavy (non-hydrogen) atoms. The summed E-state index contributed by atoms with van der Waals surface area (Å²) < 4.78 is 4.97. The molecule has 0 saturated carbocycles. The molecule has 4 heteroatoms. The van der Waals surface area contributed by atoms with Crippen molar-refractivity contribution in [2.75, 3.05) is 6.61 Å². The summed E-state index contributed by atoms with van der Waals surface area (Å²) in [5, 5.41) is 9.35. The molecule has 0 radical (unpaired) electrons. The lowest BCUT2D eigenvalue weighted by Crippen LogP contribution is -2.10. The maximum Gasteiger partial charge on any atom is 0.341 e. The van der Waals surface area contributed by atoms with Gasteiger partial charge in [0.1, 0.15) is 17.6 Å². The maximum atomic E-state index is 11.4. The number of aromatic hydroxyl groups is 1. The fraction of sp³-hybridized carbons (Fsp3) is 0.440. The van der Waals surface area contributed by atoms with Crippen molar-refractivity contribution in [2.45, 2.75) is 47.5 Å². The lowest BCUT2D eigenvalue weighted by molar-refractivity contribution is -0.110. The molecule has 0 heterocycles. The minimum atomic E-state index is -0.475. The molecule has 0 aliphatic carbocycles. The second kappa shape index (κ2) is 12.8. The molecule has 158 valence electrons. The molecule has 1 unspecified atom stereocenters. The van der Waals surface area contributed by atoms with E-state index in [0.717, 1.165) is 19.1 Å². The molecular formula is C25H34O4. The number of hydrogen-bond acceptors (Lipinski definition) is 4. The number of hydrogen-bond donors (Lipinski definition) is 1. The lowest BCUT2D eigenvalue weighted by atomic mass is 9.98. The highest BCUT2D eigenvalue weighted by molar-refractivity contribution is 5.92. The van der Waals surface area contributed by atoms with E-state index in [1.54, 1.807) is 12.1 Å². The van der Waals surface area contributed by atoms with Gasteiger partial charge in [0.2, 0.25) is 0 Å². The van der Waals surface area contributed by atoms with Crippen molar-refractivity contribution < 1.29 is 19.4 Å². The highest BCUT2D eigenvalue weighted by Crippen LogP contribution is 2.16. The summed E-state index contributed by atoms with van der Waals surface area (Å²) in [5.74, 6) is 0.605. The Labute approximate surface area is 174 Å². The first-order valence-electron chi connectivity index (χ1n) is 10.2. The van der Waals surface area contributed by atoms with Crippen molar-refractivity contribution in [3.8, 4) is 5.75 Å². The number of carbonyl (C=O) groups excluding carboxylic acids is 2. The first kappa shape index (κ1) is 24.4. The largest absolute Gasteiger partial charge is 0.507 e. The van der Waals surface area contributed by atoms with Crippen molar-refractivity contribution in [1.29, 1.82) is 0 Å². The summed E-state index contributed by atoms with van der Waals surface area (Å²) in [6, 6.07) is 15.0. The van der Waals surface area contributed by atoms with E-state index in [4.69, 9.17) is 4.74 Å². The SMILES string of the molecule is CC(C)COC(=O)c1ccccc1O.CC(C)Cc1ccc(CC(C)C=O)cc1. The molecule has 0 aliphatic rings. The van der Waals surface area contributed by atoms with Gasteiger partial charge < -0.3 is 14.6 Å². The summed E-state index contributed by atoms with van der Waals surface area (Å²) in [5.41, 5.74) is 2.85. The van der Waals surface area contributed by atoms with Crippen LogP contribution in [0.2, 0.25) is 0 Å². The summed E-state index contributed by atoms with van der Waals surface area (Å²) in [6.07, 6.45) is 3.00. The average molecular weight is 399 g/mol. The van der Waals surface area contributed by atoms with Crippen LogP contribution >= 0.6 is 0 Å². The van der Waals surface area contributed by atoms with Crippen molar-refractivity contribution in [3.05, 3.63) is 65.2 Å². The van der Waals surface area contributed by atoms with Gasteiger partial charge in [0.25, 0.3) is 0 Å². The van der Waals surface area contributed by atoms with Crippen molar-refractivity contribution in [1.82, 2.24) is 0 Å². The molecule has 1 atom stereocenters. The topological polar surface area (TPSA) is 63.6 Å².